The number of rotatable bonds is 8. The fourth-order valence-corrected chi connectivity index (χ4v) is 3.09. The van der Waals surface area contributed by atoms with Gasteiger partial charge in [0.05, 0.1) is 11.8 Å². The molecule has 1 aliphatic carbocycles. The van der Waals surface area contributed by atoms with Crippen LogP contribution < -0.4 is 5.32 Å². The minimum atomic E-state index is -0.447. The van der Waals surface area contributed by atoms with Gasteiger partial charge in [0.1, 0.15) is 0 Å². The minimum Gasteiger partial charge on any atom is -0.390 e. The average Bonchev–Trinajstić information content (AvgIpc) is 3.05. The summed E-state index contributed by atoms with van der Waals surface area (Å²) in [6.45, 7) is 6.86. The Hall–Kier alpha value is -0.910. The molecule has 0 amide bonds. The number of hydrogen-bond donors (Lipinski definition) is 3. The van der Waals surface area contributed by atoms with Crippen molar-refractivity contribution in [2.24, 2.45) is 5.92 Å². The zero-order chi connectivity index (χ0) is 17.8. The predicted octanol–water partition coefficient (Wildman–Crippen LogP) is 3.18. The van der Waals surface area contributed by atoms with Gasteiger partial charge in [-0.3, -0.25) is 5.10 Å². The largest absolute Gasteiger partial charge is 0.390 e. The minimum absolute atomic E-state index is 0.447. The van der Waals surface area contributed by atoms with E-state index in [2.05, 4.69) is 27.5 Å². The van der Waals surface area contributed by atoms with Crippen LogP contribution in [0.2, 0.25) is 0 Å². The van der Waals surface area contributed by atoms with Crippen molar-refractivity contribution in [3.8, 4) is 0 Å². The van der Waals surface area contributed by atoms with E-state index in [1.807, 2.05) is 33.3 Å². The van der Waals surface area contributed by atoms with Crippen LogP contribution in [-0.2, 0) is 6.54 Å². The van der Waals surface area contributed by atoms with Crippen molar-refractivity contribution in [3.63, 3.8) is 0 Å². The van der Waals surface area contributed by atoms with Gasteiger partial charge in [0.25, 0.3) is 0 Å². The van der Waals surface area contributed by atoms with E-state index in [1.54, 1.807) is 0 Å². The molecule has 1 aromatic rings. The molecule has 0 aliphatic heterocycles. The fourth-order valence-electron chi connectivity index (χ4n) is 3.09. The molecule has 24 heavy (non-hydrogen) atoms. The Morgan fingerprint density at radius 1 is 1.33 bits per heavy atom. The van der Waals surface area contributed by atoms with Gasteiger partial charge in [-0.05, 0) is 46.7 Å². The average molecular weight is 339 g/mol. The first kappa shape index (κ1) is 21.1. The highest BCUT2D eigenvalue weighted by Crippen LogP contribution is 2.29. The highest BCUT2D eigenvalue weighted by molar-refractivity contribution is 5.01. The monoisotopic (exact) mass is 338 g/mol. The molecule has 1 heterocycles. The second-order valence-corrected chi connectivity index (χ2v) is 7.80. The third-order valence-electron chi connectivity index (χ3n) is 4.64. The quantitative estimate of drug-likeness (QED) is 0.681. The second kappa shape index (κ2) is 11.6. The van der Waals surface area contributed by atoms with Crippen LogP contribution in [0.5, 0.6) is 0 Å². The van der Waals surface area contributed by atoms with Crippen LogP contribution in [0, 0.1) is 5.92 Å². The van der Waals surface area contributed by atoms with Crippen LogP contribution in [0.3, 0.4) is 0 Å². The van der Waals surface area contributed by atoms with E-state index in [-0.39, 0.29) is 0 Å². The summed E-state index contributed by atoms with van der Waals surface area (Å²) in [6, 6.07) is 0. The maximum absolute atomic E-state index is 9.55. The van der Waals surface area contributed by atoms with E-state index in [0.717, 1.165) is 32.0 Å². The molecule has 0 saturated heterocycles. The molecule has 0 atom stereocenters. The summed E-state index contributed by atoms with van der Waals surface area (Å²) in [4.78, 5) is 2.25. The van der Waals surface area contributed by atoms with Gasteiger partial charge < -0.3 is 15.3 Å². The predicted molar refractivity (Wildman–Crippen MR) is 101 cm³/mol. The highest BCUT2D eigenvalue weighted by atomic mass is 16.3. The van der Waals surface area contributed by atoms with E-state index in [9.17, 15) is 5.11 Å². The maximum atomic E-state index is 9.55. The molecule has 140 valence electrons. The second-order valence-electron chi connectivity index (χ2n) is 7.80. The Bertz CT molecular complexity index is 394. The number of hydrogen-bond acceptors (Lipinski definition) is 4. The van der Waals surface area contributed by atoms with Crippen molar-refractivity contribution < 1.29 is 5.11 Å². The molecule has 0 bridgehead atoms. The molecule has 0 radical (unpaired) electrons. The number of aliphatic hydroxyl groups is 1. The van der Waals surface area contributed by atoms with Gasteiger partial charge in [0.15, 0.2) is 0 Å². The summed E-state index contributed by atoms with van der Waals surface area (Å²) in [5, 5.41) is 19.3. The number of aromatic nitrogens is 2. The normalized spacial score (nSPS) is 16.1. The molecule has 5 heteroatoms. The van der Waals surface area contributed by atoms with Crippen LogP contribution in [0.25, 0.3) is 0 Å². The van der Waals surface area contributed by atoms with Crippen molar-refractivity contribution in [1.29, 1.82) is 0 Å². The Kier molecular flexibility index (Phi) is 10.2. The van der Waals surface area contributed by atoms with E-state index >= 15 is 0 Å². The van der Waals surface area contributed by atoms with E-state index in [4.69, 9.17) is 0 Å². The van der Waals surface area contributed by atoms with Crippen LogP contribution >= 0.6 is 0 Å². The molecule has 2 rings (SSSR count). The van der Waals surface area contributed by atoms with Crippen molar-refractivity contribution in [1.82, 2.24) is 20.4 Å². The van der Waals surface area contributed by atoms with Gasteiger partial charge in [-0.2, -0.15) is 5.10 Å². The summed E-state index contributed by atoms with van der Waals surface area (Å²) >= 11 is 0. The Balaban J connectivity index is 0.000000240. The highest BCUT2D eigenvalue weighted by Gasteiger charge is 2.18. The molecule has 3 N–H and O–H groups in total. The standard InChI is InChI=1S/C11H22O.C8H16N4/c1-11(2,12)9-8-10-6-4-3-5-7-10;1-9-3-4-12(2)7-8-5-10-11-6-8/h10,12H,3-9H2,1-2H3;5-6,9H,3-4,7H2,1-2H3,(H,10,11). The van der Waals surface area contributed by atoms with E-state index < -0.39 is 5.60 Å². The van der Waals surface area contributed by atoms with Gasteiger partial charge in [0.2, 0.25) is 0 Å². The number of H-pyrrole nitrogens is 1. The first-order chi connectivity index (χ1) is 11.4. The van der Waals surface area contributed by atoms with Crippen molar-refractivity contribution in [2.75, 3.05) is 27.2 Å². The molecule has 5 nitrogen and oxygen atoms in total. The molecule has 0 spiro atoms. The zero-order valence-corrected chi connectivity index (χ0v) is 16.1. The van der Waals surface area contributed by atoms with Crippen LogP contribution in [-0.4, -0.2) is 53.0 Å². The summed E-state index contributed by atoms with van der Waals surface area (Å²) in [5.41, 5.74) is 0.783. The molecule has 1 fully saturated rings. The summed E-state index contributed by atoms with van der Waals surface area (Å²) in [5.74, 6) is 0.908. The molecule has 1 aliphatic rings. The van der Waals surface area contributed by atoms with Crippen molar-refractivity contribution in [2.45, 2.75) is 70.9 Å². The smallest absolute Gasteiger partial charge is 0.0591 e. The lowest BCUT2D eigenvalue weighted by Crippen LogP contribution is -2.26. The van der Waals surface area contributed by atoms with Gasteiger partial charge in [-0.25, -0.2) is 0 Å². The van der Waals surface area contributed by atoms with E-state index in [0.29, 0.717) is 0 Å². The van der Waals surface area contributed by atoms with Gasteiger partial charge in [0, 0.05) is 31.4 Å². The summed E-state index contributed by atoms with van der Waals surface area (Å²) in [7, 11) is 4.07. The number of nitrogens with one attached hydrogen (secondary N) is 2. The molecule has 1 saturated carbocycles. The summed E-state index contributed by atoms with van der Waals surface area (Å²) < 4.78 is 0. The van der Waals surface area contributed by atoms with Gasteiger partial charge >= 0.3 is 0 Å². The van der Waals surface area contributed by atoms with Crippen molar-refractivity contribution in [3.05, 3.63) is 18.0 Å². The SMILES string of the molecule is CC(C)(O)CCC1CCCCC1.CNCCN(C)Cc1cn[nH]c1. The Morgan fingerprint density at radius 2 is 2.04 bits per heavy atom. The van der Waals surface area contributed by atoms with Crippen molar-refractivity contribution >= 4 is 0 Å². The van der Waals surface area contributed by atoms with Crippen LogP contribution in [0.4, 0.5) is 0 Å². The van der Waals surface area contributed by atoms with Crippen LogP contribution in [0.1, 0.15) is 64.4 Å². The molecular formula is C19H38N4O. The number of aromatic amines is 1. The zero-order valence-electron chi connectivity index (χ0n) is 16.1. The molecule has 0 unspecified atom stereocenters. The topological polar surface area (TPSA) is 64.2 Å². The third-order valence-corrected chi connectivity index (χ3v) is 4.64. The first-order valence-electron chi connectivity index (χ1n) is 9.44. The Labute approximate surface area is 148 Å². The van der Waals surface area contributed by atoms with Crippen LogP contribution in [0.15, 0.2) is 12.4 Å². The fraction of sp³-hybridized carbons (Fsp3) is 0.842. The first-order valence-corrected chi connectivity index (χ1v) is 9.44. The van der Waals surface area contributed by atoms with Gasteiger partial charge in [-0.1, -0.05) is 32.1 Å². The lowest BCUT2D eigenvalue weighted by atomic mass is 9.84. The van der Waals surface area contributed by atoms with E-state index in [1.165, 1.54) is 44.1 Å². The lowest BCUT2D eigenvalue weighted by molar-refractivity contribution is 0.0612. The number of nitrogens with zero attached hydrogens (tertiary/aromatic N) is 2. The summed E-state index contributed by atoms with van der Waals surface area (Å²) in [6.07, 6.45) is 13.0. The molecular weight excluding hydrogens is 300 g/mol. The lowest BCUT2D eigenvalue weighted by Gasteiger charge is -2.25. The third kappa shape index (κ3) is 10.8. The number of likely N-dealkylation sites (N-methyl/N-ethyl adjacent to an activating group) is 2. The maximum Gasteiger partial charge on any atom is 0.0591 e. The van der Waals surface area contributed by atoms with Gasteiger partial charge in [-0.15, -0.1) is 0 Å². The molecule has 0 aromatic carbocycles. The molecule has 1 aromatic heterocycles. The Morgan fingerprint density at radius 3 is 2.58 bits per heavy atom.